The lowest BCUT2D eigenvalue weighted by Gasteiger charge is -2.20. The third-order valence-corrected chi connectivity index (χ3v) is 2.59. The van der Waals surface area contributed by atoms with Gasteiger partial charge in [-0.25, -0.2) is 4.98 Å². The Morgan fingerprint density at radius 1 is 1.39 bits per heavy atom. The second kappa shape index (κ2) is 6.76. The molecule has 0 aliphatic carbocycles. The van der Waals surface area contributed by atoms with E-state index in [0.717, 1.165) is 5.69 Å². The van der Waals surface area contributed by atoms with Crippen molar-refractivity contribution in [3.63, 3.8) is 0 Å². The van der Waals surface area contributed by atoms with Crippen LogP contribution in [0.25, 0.3) is 0 Å². The van der Waals surface area contributed by atoms with Crippen molar-refractivity contribution in [1.82, 2.24) is 10.3 Å². The fraction of sp³-hybridized carbons (Fsp3) is 0.500. The molecule has 0 aliphatic rings. The van der Waals surface area contributed by atoms with Gasteiger partial charge in [-0.2, -0.15) is 0 Å². The average molecular weight is 269 g/mol. The normalized spacial score (nSPS) is 12.1. The summed E-state index contributed by atoms with van der Waals surface area (Å²) in [6.07, 6.45) is 3.88. The third-order valence-electron chi connectivity index (χ3n) is 2.24. The van der Waals surface area contributed by atoms with E-state index < -0.39 is 0 Å². The van der Waals surface area contributed by atoms with Crippen molar-refractivity contribution in [1.29, 1.82) is 0 Å². The zero-order valence-electron chi connectivity index (χ0n) is 11.5. The van der Waals surface area contributed by atoms with E-state index in [0.29, 0.717) is 24.1 Å². The van der Waals surface area contributed by atoms with Crippen LogP contribution >= 0.6 is 11.6 Å². The second-order valence-corrected chi connectivity index (χ2v) is 5.47. The van der Waals surface area contributed by atoms with Gasteiger partial charge in [0, 0.05) is 18.2 Å². The Morgan fingerprint density at radius 2 is 2.11 bits per heavy atom. The maximum absolute atomic E-state index is 6.11. The summed E-state index contributed by atoms with van der Waals surface area (Å²) in [6, 6.07) is 3.60. The molecule has 0 atom stereocenters. The van der Waals surface area contributed by atoms with Gasteiger partial charge < -0.3 is 10.1 Å². The standard InChI is InChI=1S/C14H21ClN2O/c1-5-6-9-18-13-8-7-11(15)12(17-13)10-16-14(2,3)4/h5-8,16H,9-10H2,1-4H3. The molecule has 0 amide bonds. The van der Waals surface area contributed by atoms with Crippen LogP contribution in [0.4, 0.5) is 0 Å². The number of halogens is 1. The van der Waals surface area contributed by atoms with Crippen LogP contribution in [0.5, 0.6) is 5.88 Å². The Hall–Kier alpha value is -1.06. The van der Waals surface area contributed by atoms with Gasteiger partial charge in [-0.05, 0) is 33.8 Å². The van der Waals surface area contributed by atoms with Gasteiger partial charge in [-0.15, -0.1) is 0 Å². The Kier molecular flexibility index (Phi) is 5.63. The van der Waals surface area contributed by atoms with E-state index in [2.05, 4.69) is 31.1 Å². The Labute approximate surface area is 114 Å². The SMILES string of the molecule is CC=CCOc1ccc(Cl)c(CNC(C)(C)C)n1. The summed E-state index contributed by atoms with van der Waals surface area (Å²) in [5.41, 5.74) is 0.844. The number of rotatable bonds is 5. The van der Waals surface area contributed by atoms with Crippen molar-refractivity contribution in [3.05, 3.63) is 35.0 Å². The highest BCUT2D eigenvalue weighted by Crippen LogP contribution is 2.18. The molecule has 4 heteroatoms. The Bertz CT molecular complexity index is 411. The molecular weight excluding hydrogens is 248 g/mol. The average Bonchev–Trinajstić information content (AvgIpc) is 2.29. The summed E-state index contributed by atoms with van der Waals surface area (Å²) in [6.45, 7) is 9.42. The quantitative estimate of drug-likeness (QED) is 0.829. The number of ether oxygens (including phenoxy) is 1. The molecule has 1 heterocycles. The van der Waals surface area contributed by atoms with E-state index in [1.54, 1.807) is 6.07 Å². The van der Waals surface area contributed by atoms with Gasteiger partial charge in [0.2, 0.25) is 5.88 Å². The van der Waals surface area contributed by atoms with Gasteiger partial charge in [-0.1, -0.05) is 23.8 Å². The molecule has 1 aromatic heterocycles. The summed E-state index contributed by atoms with van der Waals surface area (Å²) in [7, 11) is 0. The third kappa shape index (κ3) is 5.52. The van der Waals surface area contributed by atoms with Crippen LogP contribution in [0.2, 0.25) is 5.02 Å². The molecule has 18 heavy (non-hydrogen) atoms. The lowest BCUT2D eigenvalue weighted by atomic mass is 10.1. The zero-order chi connectivity index (χ0) is 13.6. The lowest BCUT2D eigenvalue weighted by Crippen LogP contribution is -2.35. The lowest BCUT2D eigenvalue weighted by molar-refractivity contribution is 0.345. The van der Waals surface area contributed by atoms with Crippen molar-refractivity contribution in [3.8, 4) is 5.88 Å². The maximum Gasteiger partial charge on any atom is 0.213 e. The van der Waals surface area contributed by atoms with E-state index in [1.807, 2.05) is 25.1 Å². The number of pyridine rings is 1. The predicted molar refractivity (Wildman–Crippen MR) is 76.1 cm³/mol. The number of nitrogens with one attached hydrogen (secondary N) is 1. The first-order valence-corrected chi connectivity index (χ1v) is 6.44. The molecule has 0 unspecified atom stereocenters. The van der Waals surface area contributed by atoms with Crippen LogP contribution in [0.3, 0.4) is 0 Å². The van der Waals surface area contributed by atoms with Crippen LogP contribution in [0, 0.1) is 0 Å². The molecule has 0 radical (unpaired) electrons. The minimum atomic E-state index is 0.0345. The molecule has 0 bridgehead atoms. The summed E-state index contributed by atoms with van der Waals surface area (Å²) in [5.74, 6) is 0.600. The van der Waals surface area contributed by atoms with Crippen LogP contribution in [-0.4, -0.2) is 17.1 Å². The summed E-state index contributed by atoms with van der Waals surface area (Å²) >= 11 is 6.11. The van der Waals surface area contributed by atoms with E-state index >= 15 is 0 Å². The first kappa shape index (κ1) is 15.0. The molecule has 0 aliphatic heterocycles. The highest BCUT2D eigenvalue weighted by atomic mass is 35.5. The molecule has 0 fully saturated rings. The number of hydrogen-bond acceptors (Lipinski definition) is 3. The molecular formula is C14H21ClN2O. The van der Waals surface area contributed by atoms with Crippen molar-refractivity contribution in [2.45, 2.75) is 39.8 Å². The van der Waals surface area contributed by atoms with Crippen molar-refractivity contribution >= 4 is 11.6 Å². The Balaban J connectivity index is 2.68. The summed E-state index contributed by atoms with van der Waals surface area (Å²) in [5, 5.41) is 4.01. The van der Waals surface area contributed by atoms with Crippen molar-refractivity contribution in [2.75, 3.05) is 6.61 Å². The van der Waals surface area contributed by atoms with E-state index in [1.165, 1.54) is 0 Å². The smallest absolute Gasteiger partial charge is 0.213 e. The number of nitrogens with zero attached hydrogens (tertiary/aromatic N) is 1. The topological polar surface area (TPSA) is 34.1 Å². The van der Waals surface area contributed by atoms with Gasteiger partial charge in [0.15, 0.2) is 0 Å². The van der Waals surface area contributed by atoms with Crippen LogP contribution in [0.1, 0.15) is 33.4 Å². The molecule has 1 N–H and O–H groups in total. The number of allylic oxidation sites excluding steroid dienone is 1. The van der Waals surface area contributed by atoms with Crippen molar-refractivity contribution < 1.29 is 4.74 Å². The Morgan fingerprint density at radius 3 is 2.72 bits per heavy atom. The minimum Gasteiger partial charge on any atom is -0.473 e. The van der Waals surface area contributed by atoms with Gasteiger partial charge in [-0.3, -0.25) is 0 Å². The molecule has 0 aromatic carbocycles. The first-order chi connectivity index (χ1) is 8.42. The molecule has 1 aromatic rings. The highest BCUT2D eigenvalue weighted by molar-refractivity contribution is 6.31. The first-order valence-electron chi connectivity index (χ1n) is 6.07. The van der Waals surface area contributed by atoms with Gasteiger partial charge in [0.1, 0.15) is 6.61 Å². The van der Waals surface area contributed by atoms with E-state index in [9.17, 15) is 0 Å². The van der Waals surface area contributed by atoms with E-state index in [-0.39, 0.29) is 5.54 Å². The maximum atomic E-state index is 6.11. The van der Waals surface area contributed by atoms with Gasteiger partial charge >= 0.3 is 0 Å². The number of aromatic nitrogens is 1. The molecule has 100 valence electrons. The highest BCUT2D eigenvalue weighted by Gasteiger charge is 2.11. The van der Waals surface area contributed by atoms with E-state index in [4.69, 9.17) is 16.3 Å². The zero-order valence-corrected chi connectivity index (χ0v) is 12.2. The van der Waals surface area contributed by atoms with Crippen LogP contribution in [-0.2, 0) is 6.54 Å². The largest absolute Gasteiger partial charge is 0.473 e. The van der Waals surface area contributed by atoms with Crippen LogP contribution < -0.4 is 10.1 Å². The van der Waals surface area contributed by atoms with Gasteiger partial charge in [0.05, 0.1) is 10.7 Å². The van der Waals surface area contributed by atoms with Crippen LogP contribution in [0.15, 0.2) is 24.3 Å². The predicted octanol–water partition coefficient (Wildman–Crippen LogP) is 3.58. The fourth-order valence-corrected chi connectivity index (χ4v) is 1.42. The summed E-state index contributed by atoms with van der Waals surface area (Å²) < 4.78 is 5.49. The minimum absolute atomic E-state index is 0.0345. The molecule has 0 saturated heterocycles. The monoisotopic (exact) mass is 268 g/mol. The second-order valence-electron chi connectivity index (χ2n) is 5.06. The molecule has 0 spiro atoms. The van der Waals surface area contributed by atoms with Gasteiger partial charge in [0.25, 0.3) is 0 Å². The number of hydrogen-bond donors (Lipinski definition) is 1. The molecule has 1 rings (SSSR count). The molecule has 0 saturated carbocycles. The summed E-state index contributed by atoms with van der Waals surface area (Å²) in [4.78, 5) is 4.40. The van der Waals surface area contributed by atoms with Crippen molar-refractivity contribution in [2.24, 2.45) is 0 Å². The fourth-order valence-electron chi connectivity index (χ4n) is 1.25. The molecule has 3 nitrogen and oxygen atoms in total.